The lowest BCUT2D eigenvalue weighted by Gasteiger charge is -2.15. The first-order valence-electron chi connectivity index (χ1n) is 7.63. The van der Waals surface area contributed by atoms with E-state index >= 15 is 0 Å². The number of carbonyl (C=O) groups excluding carboxylic acids is 1. The molecule has 0 radical (unpaired) electrons. The molecule has 0 heterocycles. The lowest BCUT2D eigenvalue weighted by atomic mass is 10.0. The summed E-state index contributed by atoms with van der Waals surface area (Å²) in [6.07, 6.45) is -0.731. The molecule has 4 N–H and O–H groups in total. The van der Waals surface area contributed by atoms with Crippen molar-refractivity contribution in [2.75, 3.05) is 0 Å². The van der Waals surface area contributed by atoms with Crippen molar-refractivity contribution in [2.45, 2.75) is 26.0 Å². The number of carbonyl (C=O) groups is 2. The van der Waals surface area contributed by atoms with Crippen molar-refractivity contribution in [1.29, 1.82) is 0 Å². The molecule has 0 saturated carbocycles. The van der Waals surface area contributed by atoms with Gasteiger partial charge in [-0.2, -0.15) is 0 Å². The van der Waals surface area contributed by atoms with E-state index in [0.29, 0.717) is 16.7 Å². The maximum atomic E-state index is 12.6. The number of carboxylic acid groups (broad SMARTS) is 1. The van der Waals surface area contributed by atoms with Gasteiger partial charge in [-0.05, 0) is 42.8 Å². The highest BCUT2D eigenvalue weighted by Crippen LogP contribution is 2.28. The number of nitrogens with two attached hydrogens (primary N) is 1. The molecule has 0 aliphatic carbocycles. The Labute approximate surface area is 149 Å². The Morgan fingerprint density at radius 3 is 2.40 bits per heavy atom. The number of carboxylic acids is 1. The van der Waals surface area contributed by atoms with Crippen molar-refractivity contribution >= 4 is 23.4 Å². The van der Waals surface area contributed by atoms with Gasteiger partial charge in [0.1, 0.15) is 11.5 Å². The number of rotatable bonds is 7. The van der Waals surface area contributed by atoms with Crippen LogP contribution in [0.2, 0.25) is 5.02 Å². The number of aromatic hydroxyl groups is 1. The van der Waals surface area contributed by atoms with Crippen LogP contribution in [0.1, 0.15) is 34.8 Å². The zero-order valence-corrected chi connectivity index (χ0v) is 14.3. The summed E-state index contributed by atoms with van der Waals surface area (Å²) in [4.78, 5) is 23.6. The Hall–Kier alpha value is -2.57. The lowest BCUT2D eigenvalue weighted by molar-refractivity contribution is -0.145. The van der Waals surface area contributed by atoms with Crippen LogP contribution < -0.4 is 10.5 Å². The van der Waals surface area contributed by atoms with Crippen LogP contribution in [-0.4, -0.2) is 28.1 Å². The predicted octanol–water partition coefficient (Wildman–Crippen LogP) is 2.98. The van der Waals surface area contributed by atoms with Crippen molar-refractivity contribution in [3.8, 4) is 11.5 Å². The van der Waals surface area contributed by atoms with Crippen LogP contribution in [0.4, 0.5) is 0 Å². The van der Waals surface area contributed by atoms with Crippen molar-refractivity contribution in [2.24, 2.45) is 5.73 Å². The van der Waals surface area contributed by atoms with Crippen molar-refractivity contribution in [3.05, 3.63) is 58.1 Å². The molecule has 2 rings (SSSR count). The van der Waals surface area contributed by atoms with Crippen LogP contribution in [0.5, 0.6) is 11.5 Å². The molecule has 0 bridgehead atoms. The second-order valence-electron chi connectivity index (χ2n) is 5.37. The number of halogens is 1. The van der Waals surface area contributed by atoms with Gasteiger partial charge in [0, 0.05) is 23.2 Å². The van der Waals surface area contributed by atoms with E-state index < -0.39 is 12.1 Å². The second-order valence-corrected chi connectivity index (χ2v) is 5.78. The van der Waals surface area contributed by atoms with Gasteiger partial charge in [0.15, 0.2) is 11.9 Å². The van der Waals surface area contributed by atoms with E-state index in [1.165, 1.54) is 36.4 Å². The summed E-state index contributed by atoms with van der Waals surface area (Å²) in [6.45, 7) is 1.79. The normalized spacial score (nSPS) is 11.8. The number of aliphatic carboxylic acids is 1. The number of hydrogen-bond acceptors (Lipinski definition) is 5. The topological polar surface area (TPSA) is 110 Å². The Morgan fingerprint density at radius 1 is 1.20 bits per heavy atom. The van der Waals surface area contributed by atoms with Gasteiger partial charge >= 0.3 is 5.97 Å². The molecule has 0 aliphatic rings. The Kier molecular flexibility index (Phi) is 6.01. The molecule has 7 heteroatoms. The van der Waals surface area contributed by atoms with Gasteiger partial charge < -0.3 is 20.7 Å². The van der Waals surface area contributed by atoms with E-state index in [4.69, 9.17) is 27.2 Å². The molecule has 0 spiro atoms. The fourth-order valence-corrected chi connectivity index (χ4v) is 2.48. The van der Waals surface area contributed by atoms with Gasteiger partial charge in [-0.25, -0.2) is 4.79 Å². The first-order chi connectivity index (χ1) is 11.9. The first kappa shape index (κ1) is 18.8. The molecule has 25 heavy (non-hydrogen) atoms. The third-order valence-corrected chi connectivity index (χ3v) is 3.97. The van der Waals surface area contributed by atoms with Crippen LogP contribution >= 0.6 is 11.6 Å². The van der Waals surface area contributed by atoms with E-state index in [0.717, 1.165) is 0 Å². The van der Waals surface area contributed by atoms with Crippen LogP contribution in [0, 0.1) is 0 Å². The fraction of sp³-hybridized carbons (Fsp3) is 0.222. The molecule has 1 atom stereocenters. The van der Waals surface area contributed by atoms with E-state index in [9.17, 15) is 14.7 Å². The third kappa shape index (κ3) is 4.29. The summed E-state index contributed by atoms with van der Waals surface area (Å²) in [7, 11) is 0. The smallest absolute Gasteiger partial charge is 0.344 e. The van der Waals surface area contributed by atoms with E-state index in [-0.39, 0.29) is 35.3 Å². The van der Waals surface area contributed by atoms with E-state index in [1.807, 2.05) is 0 Å². The largest absolute Gasteiger partial charge is 0.508 e. The Bertz CT molecular complexity index is 806. The number of phenols is 1. The van der Waals surface area contributed by atoms with Gasteiger partial charge in [-0.3, -0.25) is 4.79 Å². The van der Waals surface area contributed by atoms with Gasteiger partial charge in [0.2, 0.25) is 0 Å². The minimum Gasteiger partial charge on any atom is -0.508 e. The average Bonchev–Trinajstić information content (AvgIpc) is 2.60. The molecular weight excluding hydrogens is 346 g/mol. The number of benzene rings is 2. The molecule has 0 fully saturated rings. The number of ether oxygens (including phenoxy) is 1. The minimum absolute atomic E-state index is 0.0279. The average molecular weight is 364 g/mol. The maximum absolute atomic E-state index is 12.6. The van der Waals surface area contributed by atoms with Crippen LogP contribution in [0.15, 0.2) is 36.4 Å². The molecular formula is C18H18ClNO5. The van der Waals surface area contributed by atoms with Crippen LogP contribution in [0.3, 0.4) is 0 Å². The molecule has 2 aromatic carbocycles. The second kappa shape index (κ2) is 8.00. The monoisotopic (exact) mass is 363 g/mol. The van der Waals surface area contributed by atoms with E-state index in [2.05, 4.69) is 0 Å². The summed E-state index contributed by atoms with van der Waals surface area (Å²) in [6, 6.07) is 8.81. The summed E-state index contributed by atoms with van der Waals surface area (Å²) in [5.41, 5.74) is 6.67. The quantitative estimate of drug-likeness (QED) is 0.652. The molecule has 132 valence electrons. The van der Waals surface area contributed by atoms with Gasteiger partial charge in [0.05, 0.1) is 5.02 Å². The van der Waals surface area contributed by atoms with Crippen molar-refractivity contribution < 1.29 is 24.5 Å². The molecule has 1 unspecified atom stereocenters. The molecule has 0 aliphatic heterocycles. The van der Waals surface area contributed by atoms with Gasteiger partial charge in [-0.15, -0.1) is 0 Å². The number of phenolic OH excluding ortho intramolecular Hbond substituents is 1. The summed E-state index contributed by atoms with van der Waals surface area (Å²) in [5.74, 6) is -1.16. The summed E-state index contributed by atoms with van der Waals surface area (Å²) < 4.78 is 5.36. The van der Waals surface area contributed by atoms with Crippen molar-refractivity contribution in [3.63, 3.8) is 0 Å². The highest BCUT2D eigenvalue weighted by Gasteiger charge is 2.19. The zero-order chi connectivity index (χ0) is 18.6. The predicted molar refractivity (Wildman–Crippen MR) is 93.2 cm³/mol. The number of ketones is 1. The fourth-order valence-electron chi connectivity index (χ4n) is 2.26. The lowest BCUT2D eigenvalue weighted by Crippen LogP contribution is -2.26. The Balaban J connectivity index is 2.27. The van der Waals surface area contributed by atoms with Gasteiger partial charge in [-0.1, -0.05) is 18.5 Å². The zero-order valence-electron chi connectivity index (χ0n) is 13.5. The highest BCUT2D eigenvalue weighted by atomic mass is 35.5. The molecule has 0 aromatic heterocycles. The third-order valence-electron chi connectivity index (χ3n) is 3.67. The standard InChI is InChI=1S/C18H18ClNO5/c1-2-15(18(23)24)25-16-6-4-11(8-13(16)19)17(22)10-3-5-14(21)12(7-10)9-20/h3-8,15,21H,2,9,20H2,1H3,(H,23,24). The highest BCUT2D eigenvalue weighted by molar-refractivity contribution is 6.32. The summed E-state index contributed by atoms with van der Waals surface area (Å²) >= 11 is 6.12. The number of hydrogen-bond donors (Lipinski definition) is 3. The van der Waals surface area contributed by atoms with Crippen LogP contribution in [-0.2, 0) is 11.3 Å². The Morgan fingerprint density at radius 2 is 1.84 bits per heavy atom. The van der Waals surface area contributed by atoms with Crippen LogP contribution in [0.25, 0.3) is 0 Å². The molecule has 6 nitrogen and oxygen atoms in total. The SMILES string of the molecule is CCC(Oc1ccc(C(=O)c2ccc(O)c(CN)c2)cc1Cl)C(=O)O. The summed E-state index contributed by atoms with van der Waals surface area (Å²) in [5, 5.41) is 18.8. The van der Waals surface area contributed by atoms with E-state index in [1.54, 1.807) is 6.92 Å². The van der Waals surface area contributed by atoms with Crippen molar-refractivity contribution in [1.82, 2.24) is 0 Å². The molecule has 2 aromatic rings. The minimum atomic E-state index is -1.09. The maximum Gasteiger partial charge on any atom is 0.344 e. The molecule has 0 saturated heterocycles. The van der Waals surface area contributed by atoms with Gasteiger partial charge in [0.25, 0.3) is 0 Å². The molecule has 0 amide bonds. The first-order valence-corrected chi connectivity index (χ1v) is 8.00.